The number of benzene rings is 2. The van der Waals surface area contributed by atoms with Gasteiger partial charge in [0.05, 0.1) is 7.11 Å². The molecule has 0 radical (unpaired) electrons. The number of halogens is 1. The fourth-order valence-corrected chi connectivity index (χ4v) is 3.10. The molecule has 0 saturated carbocycles. The molecule has 2 aromatic carbocycles. The first kappa shape index (κ1) is 22.6. The lowest BCUT2D eigenvalue weighted by molar-refractivity contribution is -0.142. The summed E-state index contributed by atoms with van der Waals surface area (Å²) in [6.07, 6.45) is 0.491. The van der Waals surface area contributed by atoms with Gasteiger partial charge in [-0.15, -0.1) is 0 Å². The van der Waals surface area contributed by atoms with Crippen LogP contribution in [0, 0.1) is 0 Å². The maximum Gasteiger partial charge on any atom is 0.261 e. The first-order chi connectivity index (χ1) is 14.0. The summed E-state index contributed by atoms with van der Waals surface area (Å²) in [5.74, 6) is 0.770. The minimum Gasteiger partial charge on any atom is -0.497 e. The molecule has 7 heteroatoms. The molecule has 1 N–H and O–H groups in total. The lowest BCUT2D eigenvalue weighted by atomic mass is 10.1. The minimum atomic E-state index is -0.590. The van der Waals surface area contributed by atoms with Crippen LogP contribution < -0.4 is 14.8 Å². The van der Waals surface area contributed by atoms with Crippen LogP contribution in [-0.2, 0) is 16.1 Å². The van der Waals surface area contributed by atoms with Crippen molar-refractivity contribution >= 4 is 23.4 Å². The highest BCUT2D eigenvalue weighted by Gasteiger charge is 2.28. The fourth-order valence-electron chi connectivity index (χ4n) is 2.92. The molecule has 0 aromatic heterocycles. The molecule has 0 fully saturated rings. The Labute approximate surface area is 176 Å². The summed E-state index contributed by atoms with van der Waals surface area (Å²) in [4.78, 5) is 27.1. The predicted octanol–water partition coefficient (Wildman–Crippen LogP) is 3.67. The number of hydrogen-bond donors (Lipinski definition) is 1. The molecule has 0 aliphatic carbocycles. The van der Waals surface area contributed by atoms with E-state index in [2.05, 4.69) is 5.32 Å². The second-order valence-electron chi connectivity index (χ2n) is 6.43. The molecule has 0 spiro atoms. The van der Waals surface area contributed by atoms with E-state index >= 15 is 0 Å². The molecule has 6 nitrogen and oxygen atoms in total. The number of hydrogen-bond acceptors (Lipinski definition) is 4. The number of amides is 2. The zero-order chi connectivity index (χ0) is 21.2. The number of nitrogens with zero attached hydrogens (tertiary/aromatic N) is 1. The van der Waals surface area contributed by atoms with Crippen LogP contribution in [0.5, 0.6) is 11.5 Å². The van der Waals surface area contributed by atoms with Crippen molar-refractivity contribution < 1.29 is 19.1 Å². The van der Waals surface area contributed by atoms with Crippen LogP contribution in [0.2, 0.25) is 5.02 Å². The Hall–Kier alpha value is -2.73. The van der Waals surface area contributed by atoms with Gasteiger partial charge in [-0.2, -0.15) is 0 Å². The third-order valence-corrected chi connectivity index (χ3v) is 4.64. The lowest BCUT2D eigenvalue weighted by Crippen LogP contribution is -2.50. The number of rotatable bonds is 10. The Morgan fingerprint density at radius 2 is 1.83 bits per heavy atom. The lowest BCUT2D eigenvalue weighted by Gasteiger charge is -2.30. The SMILES string of the molecule is CCNC(=O)[C@H](CC)N(Cc1ccc(OC)cc1)C(=O)COc1cccc(Cl)c1. The van der Waals surface area contributed by atoms with Gasteiger partial charge in [0, 0.05) is 18.1 Å². The van der Waals surface area contributed by atoms with Gasteiger partial charge in [0.25, 0.3) is 5.91 Å². The van der Waals surface area contributed by atoms with Crippen molar-refractivity contribution in [2.45, 2.75) is 32.9 Å². The van der Waals surface area contributed by atoms with E-state index in [4.69, 9.17) is 21.1 Å². The second kappa shape index (κ2) is 11.3. The number of methoxy groups -OCH3 is 1. The van der Waals surface area contributed by atoms with Crippen molar-refractivity contribution in [1.82, 2.24) is 10.2 Å². The van der Waals surface area contributed by atoms with Crippen LogP contribution >= 0.6 is 11.6 Å². The summed E-state index contributed by atoms with van der Waals surface area (Å²) in [6.45, 7) is 4.33. The van der Waals surface area contributed by atoms with Gasteiger partial charge in [0.1, 0.15) is 17.5 Å². The summed E-state index contributed by atoms with van der Waals surface area (Å²) in [5.41, 5.74) is 0.893. The fraction of sp³-hybridized carbons (Fsp3) is 0.364. The van der Waals surface area contributed by atoms with Crippen LogP contribution in [0.4, 0.5) is 0 Å². The molecule has 2 amide bonds. The van der Waals surface area contributed by atoms with Gasteiger partial charge in [-0.1, -0.05) is 36.7 Å². The highest BCUT2D eigenvalue weighted by molar-refractivity contribution is 6.30. The van der Waals surface area contributed by atoms with Gasteiger partial charge in [0.15, 0.2) is 6.61 Å². The molecule has 0 unspecified atom stereocenters. The molecule has 156 valence electrons. The quantitative estimate of drug-likeness (QED) is 0.639. The molecule has 2 rings (SSSR count). The smallest absolute Gasteiger partial charge is 0.261 e. The Bertz CT molecular complexity index is 811. The van der Waals surface area contributed by atoms with Gasteiger partial charge >= 0.3 is 0 Å². The Balaban J connectivity index is 2.18. The average molecular weight is 419 g/mol. The minimum absolute atomic E-state index is 0.181. The summed E-state index contributed by atoms with van der Waals surface area (Å²) in [5, 5.41) is 3.33. The van der Waals surface area contributed by atoms with E-state index < -0.39 is 6.04 Å². The molecule has 0 bridgehead atoms. The van der Waals surface area contributed by atoms with E-state index in [1.165, 1.54) is 0 Å². The number of carbonyl (C=O) groups excluding carboxylic acids is 2. The van der Waals surface area contributed by atoms with Crippen LogP contribution in [-0.4, -0.2) is 43.0 Å². The van der Waals surface area contributed by atoms with Crippen LogP contribution in [0.3, 0.4) is 0 Å². The molecular weight excluding hydrogens is 392 g/mol. The van der Waals surface area contributed by atoms with Gasteiger partial charge < -0.3 is 19.7 Å². The zero-order valence-electron chi connectivity index (χ0n) is 17.0. The number of ether oxygens (including phenoxy) is 2. The van der Waals surface area contributed by atoms with E-state index in [1.807, 2.05) is 38.1 Å². The summed E-state index contributed by atoms with van der Waals surface area (Å²) in [6, 6.07) is 13.7. The Kier molecular flexibility index (Phi) is 8.80. The van der Waals surface area contributed by atoms with E-state index in [-0.39, 0.29) is 25.0 Å². The van der Waals surface area contributed by atoms with Crippen molar-refractivity contribution in [3.63, 3.8) is 0 Å². The van der Waals surface area contributed by atoms with Gasteiger partial charge in [0.2, 0.25) is 5.91 Å². The van der Waals surface area contributed by atoms with Gasteiger partial charge in [-0.05, 0) is 49.2 Å². The molecule has 2 aromatic rings. The summed E-state index contributed by atoms with van der Waals surface area (Å²) in [7, 11) is 1.60. The molecule has 29 heavy (non-hydrogen) atoms. The maximum atomic E-state index is 13.0. The number of likely N-dealkylation sites (N-methyl/N-ethyl adjacent to an activating group) is 1. The van der Waals surface area contributed by atoms with Gasteiger partial charge in [-0.3, -0.25) is 9.59 Å². The zero-order valence-corrected chi connectivity index (χ0v) is 17.7. The van der Waals surface area contributed by atoms with Crippen LogP contribution in [0.1, 0.15) is 25.8 Å². The third kappa shape index (κ3) is 6.68. The first-order valence-electron chi connectivity index (χ1n) is 9.56. The van der Waals surface area contributed by atoms with Crippen molar-refractivity contribution in [3.05, 3.63) is 59.1 Å². The molecule has 0 aliphatic heterocycles. The van der Waals surface area contributed by atoms with E-state index in [1.54, 1.807) is 36.3 Å². The Morgan fingerprint density at radius 1 is 1.10 bits per heavy atom. The van der Waals surface area contributed by atoms with Crippen LogP contribution in [0.15, 0.2) is 48.5 Å². The maximum absolute atomic E-state index is 13.0. The van der Waals surface area contributed by atoms with E-state index in [0.717, 1.165) is 11.3 Å². The van der Waals surface area contributed by atoms with Crippen molar-refractivity contribution in [1.29, 1.82) is 0 Å². The standard InChI is InChI=1S/C22H27ClN2O4/c1-4-20(22(27)24-5-2)25(14-16-9-11-18(28-3)12-10-16)21(26)15-29-19-8-6-7-17(23)13-19/h6-13,20H,4-5,14-15H2,1-3H3,(H,24,27)/t20-/m0/s1. The Morgan fingerprint density at radius 3 is 2.41 bits per heavy atom. The van der Waals surface area contributed by atoms with Crippen molar-refractivity contribution in [2.24, 2.45) is 0 Å². The van der Waals surface area contributed by atoms with E-state index in [0.29, 0.717) is 23.7 Å². The molecule has 0 heterocycles. The number of carbonyl (C=O) groups is 2. The molecule has 1 atom stereocenters. The second-order valence-corrected chi connectivity index (χ2v) is 6.87. The largest absolute Gasteiger partial charge is 0.497 e. The highest BCUT2D eigenvalue weighted by Crippen LogP contribution is 2.19. The summed E-state index contributed by atoms with van der Waals surface area (Å²) >= 11 is 5.97. The van der Waals surface area contributed by atoms with Gasteiger partial charge in [-0.25, -0.2) is 0 Å². The van der Waals surface area contributed by atoms with Crippen LogP contribution in [0.25, 0.3) is 0 Å². The molecular formula is C22H27ClN2O4. The first-order valence-corrected chi connectivity index (χ1v) is 9.94. The van der Waals surface area contributed by atoms with E-state index in [9.17, 15) is 9.59 Å². The topological polar surface area (TPSA) is 67.9 Å². The van der Waals surface area contributed by atoms with Crippen molar-refractivity contribution in [2.75, 3.05) is 20.3 Å². The molecule has 0 saturated heterocycles. The highest BCUT2D eigenvalue weighted by atomic mass is 35.5. The van der Waals surface area contributed by atoms with Crippen molar-refractivity contribution in [3.8, 4) is 11.5 Å². The summed E-state index contributed by atoms with van der Waals surface area (Å²) < 4.78 is 10.8. The predicted molar refractivity (Wildman–Crippen MR) is 113 cm³/mol. The number of nitrogens with one attached hydrogen (secondary N) is 1. The third-order valence-electron chi connectivity index (χ3n) is 4.41. The molecule has 0 aliphatic rings. The normalized spacial score (nSPS) is 11.4. The average Bonchev–Trinajstić information content (AvgIpc) is 2.72. The monoisotopic (exact) mass is 418 g/mol.